The van der Waals surface area contributed by atoms with Gasteiger partial charge in [-0.25, -0.2) is 9.78 Å². The Morgan fingerprint density at radius 3 is 2.95 bits per heavy atom. The number of anilines is 1. The maximum Gasteiger partial charge on any atom is 0.339 e. The fourth-order valence-corrected chi connectivity index (χ4v) is 3.14. The number of carboxylic acids is 1. The topological polar surface area (TPSA) is 99.8 Å². The predicted molar refractivity (Wildman–Crippen MR) is 74.7 cm³/mol. The van der Waals surface area contributed by atoms with E-state index in [1.807, 2.05) is 4.90 Å². The smallest absolute Gasteiger partial charge is 0.339 e. The molecule has 1 aromatic rings. The van der Waals surface area contributed by atoms with E-state index in [2.05, 4.69) is 9.88 Å². The van der Waals surface area contributed by atoms with E-state index in [0.717, 1.165) is 44.7 Å². The van der Waals surface area contributed by atoms with Crippen LogP contribution < -0.4 is 4.90 Å². The minimum absolute atomic E-state index is 0.101. The van der Waals surface area contributed by atoms with Gasteiger partial charge in [-0.2, -0.15) is 0 Å². The van der Waals surface area contributed by atoms with Gasteiger partial charge in [0.2, 0.25) is 0 Å². The second-order valence-corrected chi connectivity index (χ2v) is 5.40. The summed E-state index contributed by atoms with van der Waals surface area (Å²) in [6.07, 6.45) is 3.40. The van der Waals surface area contributed by atoms with E-state index in [9.17, 15) is 20.0 Å². The number of carboxylic acid groups (broad SMARTS) is 1. The van der Waals surface area contributed by atoms with Crippen molar-refractivity contribution in [2.45, 2.75) is 18.9 Å². The van der Waals surface area contributed by atoms with E-state index in [0.29, 0.717) is 18.4 Å². The van der Waals surface area contributed by atoms with Crippen LogP contribution in [0.3, 0.4) is 0 Å². The molecule has 0 radical (unpaired) electrons. The standard InChI is InChI=1S/C13H16N4O4/c18-13(19)11-6-10(17(20)21)7-14-12(11)16-5-4-15-3-1-2-9(15)8-16/h6-7,9H,1-5,8H2,(H,18,19). The van der Waals surface area contributed by atoms with Crippen LogP contribution >= 0.6 is 0 Å². The van der Waals surface area contributed by atoms with Crippen LogP contribution in [-0.2, 0) is 0 Å². The van der Waals surface area contributed by atoms with Crippen molar-refractivity contribution < 1.29 is 14.8 Å². The largest absolute Gasteiger partial charge is 0.478 e. The maximum atomic E-state index is 11.4. The zero-order valence-electron chi connectivity index (χ0n) is 11.4. The summed E-state index contributed by atoms with van der Waals surface area (Å²) in [5.41, 5.74) is -0.397. The first-order valence-electron chi connectivity index (χ1n) is 6.93. The minimum atomic E-state index is -1.19. The number of fused-ring (bicyclic) bond motifs is 1. The molecule has 1 N–H and O–H groups in total. The molecule has 0 aliphatic carbocycles. The van der Waals surface area contributed by atoms with E-state index in [4.69, 9.17) is 0 Å². The third-order valence-electron chi connectivity index (χ3n) is 4.18. The molecule has 8 nitrogen and oxygen atoms in total. The molecular weight excluding hydrogens is 276 g/mol. The van der Waals surface area contributed by atoms with Crippen LogP contribution in [0.15, 0.2) is 12.3 Å². The summed E-state index contributed by atoms with van der Waals surface area (Å²) in [7, 11) is 0. The lowest BCUT2D eigenvalue weighted by molar-refractivity contribution is -0.385. The van der Waals surface area contributed by atoms with Crippen molar-refractivity contribution in [1.29, 1.82) is 0 Å². The molecule has 1 aromatic heterocycles. The SMILES string of the molecule is O=C(O)c1cc([N+](=O)[O-])cnc1N1CCN2CCCC2C1. The molecule has 2 saturated heterocycles. The molecule has 3 rings (SSSR count). The number of hydrogen-bond donors (Lipinski definition) is 1. The van der Waals surface area contributed by atoms with Crippen LogP contribution in [0.1, 0.15) is 23.2 Å². The minimum Gasteiger partial charge on any atom is -0.478 e. The molecule has 2 aliphatic heterocycles. The molecular formula is C13H16N4O4. The number of piperazine rings is 1. The molecule has 21 heavy (non-hydrogen) atoms. The van der Waals surface area contributed by atoms with Gasteiger partial charge in [0.25, 0.3) is 5.69 Å². The lowest BCUT2D eigenvalue weighted by Gasteiger charge is -2.38. The first kappa shape index (κ1) is 13.7. The number of carbonyl (C=O) groups is 1. The van der Waals surface area contributed by atoms with Gasteiger partial charge in [0.05, 0.1) is 4.92 Å². The zero-order chi connectivity index (χ0) is 15.0. The van der Waals surface area contributed by atoms with Crippen LogP contribution in [0.25, 0.3) is 0 Å². The Hall–Kier alpha value is -2.22. The maximum absolute atomic E-state index is 11.4. The highest BCUT2D eigenvalue weighted by molar-refractivity contribution is 5.94. The molecule has 0 spiro atoms. The molecule has 2 aliphatic rings. The van der Waals surface area contributed by atoms with Gasteiger partial charge in [0.15, 0.2) is 0 Å². The number of nitro groups is 1. The zero-order valence-corrected chi connectivity index (χ0v) is 11.4. The summed E-state index contributed by atoms with van der Waals surface area (Å²) in [4.78, 5) is 29.9. The van der Waals surface area contributed by atoms with Gasteiger partial charge in [-0.15, -0.1) is 0 Å². The number of hydrogen-bond acceptors (Lipinski definition) is 6. The first-order valence-corrected chi connectivity index (χ1v) is 6.93. The predicted octanol–water partition coefficient (Wildman–Crippen LogP) is 0.972. The highest BCUT2D eigenvalue weighted by Gasteiger charge is 2.33. The Morgan fingerprint density at radius 2 is 2.24 bits per heavy atom. The van der Waals surface area contributed by atoms with Crippen molar-refractivity contribution in [2.24, 2.45) is 0 Å². The molecule has 3 heterocycles. The number of pyridine rings is 1. The normalized spacial score (nSPS) is 22.1. The molecule has 2 fully saturated rings. The highest BCUT2D eigenvalue weighted by Crippen LogP contribution is 2.28. The van der Waals surface area contributed by atoms with Crippen molar-refractivity contribution in [3.05, 3.63) is 27.9 Å². The van der Waals surface area contributed by atoms with Gasteiger partial charge >= 0.3 is 5.97 Å². The van der Waals surface area contributed by atoms with E-state index in [-0.39, 0.29) is 11.3 Å². The monoisotopic (exact) mass is 292 g/mol. The summed E-state index contributed by atoms with van der Waals surface area (Å²) in [5.74, 6) is -0.852. The van der Waals surface area contributed by atoms with E-state index in [1.54, 1.807) is 0 Å². The number of nitrogens with zero attached hydrogens (tertiary/aromatic N) is 4. The van der Waals surface area contributed by atoms with Gasteiger partial charge < -0.3 is 10.0 Å². The summed E-state index contributed by atoms with van der Waals surface area (Å²) in [6, 6.07) is 1.52. The van der Waals surface area contributed by atoms with Crippen LogP contribution in [0.4, 0.5) is 11.5 Å². The lowest BCUT2D eigenvalue weighted by Crippen LogP contribution is -2.50. The van der Waals surface area contributed by atoms with Crippen LogP contribution in [0.5, 0.6) is 0 Å². The molecule has 0 bridgehead atoms. The fraction of sp³-hybridized carbons (Fsp3) is 0.538. The molecule has 0 aromatic carbocycles. The molecule has 1 unspecified atom stereocenters. The summed E-state index contributed by atoms with van der Waals surface area (Å²) in [6.45, 7) is 3.40. The molecule has 8 heteroatoms. The second kappa shape index (κ2) is 5.28. The Balaban J connectivity index is 1.90. The lowest BCUT2D eigenvalue weighted by atomic mass is 10.1. The molecule has 112 valence electrons. The van der Waals surface area contributed by atoms with Crippen molar-refractivity contribution in [2.75, 3.05) is 31.1 Å². The molecule has 0 amide bonds. The summed E-state index contributed by atoms with van der Waals surface area (Å²) < 4.78 is 0. The summed E-state index contributed by atoms with van der Waals surface area (Å²) >= 11 is 0. The van der Waals surface area contributed by atoms with E-state index < -0.39 is 10.9 Å². The van der Waals surface area contributed by atoms with Crippen molar-refractivity contribution in [3.8, 4) is 0 Å². The third kappa shape index (κ3) is 2.54. The van der Waals surface area contributed by atoms with E-state index in [1.165, 1.54) is 0 Å². The molecule has 0 saturated carbocycles. The van der Waals surface area contributed by atoms with Crippen molar-refractivity contribution >= 4 is 17.5 Å². The number of rotatable bonds is 3. The Morgan fingerprint density at radius 1 is 1.43 bits per heavy atom. The van der Waals surface area contributed by atoms with E-state index >= 15 is 0 Å². The Bertz CT molecular complexity index is 592. The Kier molecular flexibility index (Phi) is 3.46. The first-order chi connectivity index (χ1) is 10.1. The van der Waals surface area contributed by atoms with Gasteiger partial charge in [-0.3, -0.25) is 15.0 Å². The quantitative estimate of drug-likeness (QED) is 0.654. The number of aromatic carboxylic acids is 1. The van der Waals surface area contributed by atoms with Gasteiger partial charge in [-0.1, -0.05) is 0 Å². The fourth-order valence-electron chi connectivity index (χ4n) is 3.14. The van der Waals surface area contributed by atoms with Gasteiger partial charge in [-0.05, 0) is 19.4 Å². The highest BCUT2D eigenvalue weighted by atomic mass is 16.6. The Labute approximate surface area is 121 Å². The third-order valence-corrected chi connectivity index (χ3v) is 4.18. The van der Waals surface area contributed by atoms with Crippen LogP contribution in [0.2, 0.25) is 0 Å². The van der Waals surface area contributed by atoms with Crippen molar-refractivity contribution in [3.63, 3.8) is 0 Å². The molecule has 1 atom stereocenters. The van der Waals surface area contributed by atoms with Crippen molar-refractivity contribution in [1.82, 2.24) is 9.88 Å². The average molecular weight is 292 g/mol. The summed E-state index contributed by atoms with van der Waals surface area (Å²) in [5, 5.41) is 20.1. The second-order valence-electron chi connectivity index (χ2n) is 5.40. The van der Waals surface area contributed by atoms with Gasteiger partial charge in [0.1, 0.15) is 17.6 Å². The number of aromatic nitrogens is 1. The van der Waals surface area contributed by atoms with Crippen LogP contribution in [-0.4, -0.2) is 58.1 Å². The van der Waals surface area contributed by atoms with Gasteiger partial charge in [0, 0.05) is 31.7 Å². The van der Waals surface area contributed by atoms with Crippen LogP contribution in [0, 0.1) is 10.1 Å². The average Bonchev–Trinajstić information content (AvgIpc) is 2.93.